The zero-order valence-electron chi connectivity index (χ0n) is 13.6. The van der Waals surface area contributed by atoms with E-state index in [0.717, 1.165) is 4.90 Å². The van der Waals surface area contributed by atoms with Crippen molar-refractivity contribution in [2.75, 3.05) is 25.5 Å². The molecule has 1 aromatic carbocycles. The highest BCUT2D eigenvalue weighted by Gasteiger charge is 2.17. The van der Waals surface area contributed by atoms with Gasteiger partial charge in [-0.15, -0.1) is 0 Å². The number of likely N-dealkylation sites (N-methyl/N-ethyl adjacent to an activating group) is 1. The number of carbonyl (C=O) groups excluding carboxylic acids is 2. The van der Waals surface area contributed by atoms with Gasteiger partial charge in [0, 0.05) is 11.7 Å². The van der Waals surface area contributed by atoms with Gasteiger partial charge < -0.3 is 15.5 Å². The van der Waals surface area contributed by atoms with Crippen LogP contribution in [0.2, 0.25) is 0 Å². The van der Waals surface area contributed by atoms with Crippen molar-refractivity contribution in [2.45, 2.75) is 26.8 Å². The van der Waals surface area contributed by atoms with E-state index in [1.54, 1.807) is 7.05 Å². The van der Waals surface area contributed by atoms with Crippen molar-refractivity contribution in [3.05, 3.63) is 30.1 Å². The van der Waals surface area contributed by atoms with Gasteiger partial charge in [-0.1, -0.05) is 13.8 Å². The van der Waals surface area contributed by atoms with Gasteiger partial charge in [0.2, 0.25) is 0 Å². The second-order valence-corrected chi connectivity index (χ2v) is 5.97. The molecule has 0 heterocycles. The minimum Gasteiger partial charge on any atom is -0.348 e. The van der Waals surface area contributed by atoms with Gasteiger partial charge in [0.15, 0.2) is 13.1 Å². The van der Waals surface area contributed by atoms with Crippen molar-refractivity contribution in [3.63, 3.8) is 0 Å². The molecule has 0 saturated heterocycles. The molecule has 1 aromatic rings. The first-order valence-electron chi connectivity index (χ1n) is 7.44. The van der Waals surface area contributed by atoms with Crippen LogP contribution in [-0.2, 0) is 9.59 Å². The van der Waals surface area contributed by atoms with Gasteiger partial charge >= 0.3 is 0 Å². The van der Waals surface area contributed by atoms with Crippen LogP contribution in [0.4, 0.5) is 10.1 Å². The molecule has 0 radical (unpaired) electrons. The van der Waals surface area contributed by atoms with Crippen LogP contribution in [0.3, 0.4) is 0 Å². The fourth-order valence-corrected chi connectivity index (χ4v) is 1.82. The Morgan fingerprint density at radius 2 is 1.64 bits per heavy atom. The molecule has 0 aliphatic heterocycles. The van der Waals surface area contributed by atoms with Crippen LogP contribution in [-0.4, -0.2) is 38.0 Å². The Labute approximate surface area is 130 Å². The summed E-state index contributed by atoms with van der Waals surface area (Å²) in [7, 11) is 1.78. The molecule has 3 N–H and O–H groups in total. The molecular formula is C16H25FN3O2+. The Bertz CT molecular complexity index is 503. The molecule has 0 aliphatic rings. The molecule has 0 aliphatic carbocycles. The molecule has 0 bridgehead atoms. The summed E-state index contributed by atoms with van der Waals surface area (Å²) in [5, 5.41) is 5.58. The van der Waals surface area contributed by atoms with E-state index in [1.807, 2.05) is 20.8 Å². The molecule has 0 spiro atoms. The van der Waals surface area contributed by atoms with Crippen LogP contribution in [0, 0.1) is 11.7 Å². The van der Waals surface area contributed by atoms with E-state index in [9.17, 15) is 14.0 Å². The fourth-order valence-electron chi connectivity index (χ4n) is 1.82. The molecule has 0 fully saturated rings. The number of hydrogen-bond acceptors (Lipinski definition) is 2. The Kier molecular flexibility index (Phi) is 6.98. The molecule has 22 heavy (non-hydrogen) atoms. The zero-order chi connectivity index (χ0) is 16.7. The van der Waals surface area contributed by atoms with E-state index in [1.165, 1.54) is 24.3 Å². The third-order valence-electron chi connectivity index (χ3n) is 3.44. The summed E-state index contributed by atoms with van der Waals surface area (Å²) in [5.41, 5.74) is 0.539. The maximum Gasteiger partial charge on any atom is 0.279 e. The maximum atomic E-state index is 12.8. The molecule has 0 aromatic heterocycles. The Morgan fingerprint density at radius 1 is 1.09 bits per heavy atom. The van der Waals surface area contributed by atoms with E-state index in [-0.39, 0.29) is 36.8 Å². The molecule has 5 nitrogen and oxygen atoms in total. The van der Waals surface area contributed by atoms with Crippen molar-refractivity contribution in [1.82, 2.24) is 5.32 Å². The summed E-state index contributed by atoms with van der Waals surface area (Å²) >= 11 is 0. The van der Waals surface area contributed by atoms with Crippen LogP contribution in [0.25, 0.3) is 0 Å². The van der Waals surface area contributed by atoms with Gasteiger partial charge in [-0.3, -0.25) is 9.59 Å². The highest BCUT2D eigenvalue weighted by Crippen LogP contribution is 2.07. The van der Waals surface area contributed by atoms with Crippen LogP contribution < -0.4 is 15.5 Å². The first-order chi connectivity index (χ1) is 10.3. The summed E-state index contributed by atoms with van der Waals surface area (Å²) in [6, 6.07) is 5.67. The number of quaternary nitrogens is 1. The molecular weight excluding hydrogens is 285 g/mol. The summed E-state index contributed by atoms with van der Waals surface area (Å²) in [4.78, 5) is 24.5. The average molecular weight is 310 g/mol. The van der Waals surface area contributed by atoms with Crippen molar-refractivity contribution in [2.24, 2.45) is 5.92 Å². The van der Waals surface area contributed by atoms with Crippen LogP contribution in [0.5, 0.6) is 0 Å². The van der Waals surface area contributed by atoms with Crippen molar-refractivity contribution in [1.29, 1.82) is 0 Å². The third kappa shape index (κ3) is 6.67. The molecule has 1 rings (SSSR count). The number of halogens is 1. The SMILES string of the molecule is CC(C)[C@H](C)NC(=O)C[NH+](C)CC(=O)Nc1ccc(F)cc1. The molecule has 6 heteroatoms. The maximum absolute atomic E-state index is 12.8. The topological polar surface area (TPSA) is 62.6 Å². The van der Waals surface area contributed by atoms with Crippen molar-refractivity contribution >= 4 is 17.5 Å². The highest BCUT2D eigenvalue weighted by atomic mass is 19.1. The number of rotatable bonds is 7. The zero-order valence-corrected chi connectivity index (χ0v) is 13.6. The lowest BCUT2D eigenvalue weighted by Crippen LogP contribution is -3.11. The Morgan fingerprint density at radius 3 is 2.18 bits per heavy atom. The smallest absolute Gasteiger partial charge is 0.279 e. The van der Waals surface area contributed by atoms with E-state index in [4.69, 9.17) is 0 Å². The monoisotopic (exact) mass is 310 g/mol. The second-order valence-electron chi connectivity index (χ2n) is 5.97. The predicted octanol–water partition coefficient (Wildman–Crippen LogP) is 0.440. The number of amides is 2. The molecule has 1 unspecified atom stereocenters. The van der Waals surface area contributed by atoms with Gasteiger partial charge in [-0.05, 0) is 37.1 Å². The van der Waals surface area contributed by atoms with Crippen LogP contribution >= 0.6 is 0 Å². The predicted molar refractivity (Wildman–Crippen MR) is 84.1 cm³/mol. The lowest BCUT2D eigenvalue weighted by Gasteiger charge is -2.19. The van der Waals surface area contributed by atoms with Crippen molar-refractivity contribution in [3.8, 4) is 0 Å². The Hall–Kier alpha value is -1.95. The minimum atomic E-state index is -0.350. The van der Waals surface area contributed by atoms with Gasteiger partial charge in [0.25, 0.3) is 11.8 Å². The summed E-state index contributed by atoms with van der Waals surface area (Å²) in [5.74, 6) is -0.273. The number of anilines is 1. The summed E-state index contributed by atoms with van der Waals surface area (Å²) < 4.78 is 12.8. The first kappa shape index (κ1) is 18.1. The standard InChI is InChI=1S/C16H24FN3O2/c1-11(2)12(3)18-15(21)9-20(4)10-16(22)19-14-7-5-13(17)6-8-14/h5-8,11-12H,9-10H2,1-4H3,(H,18,21)(H,19,22)/p+1/t12-/m0/s1. The van der Waals surface area contributed by atoms with Gasteiger partial charge in [0.1, 0.15) is 5.82 Å². The third-order valence-corrected chi connectivity index (χ3v) is 3.44. The number of nitrogens with one attached hydrogen (secondary N) is 3. The number of benzene rings is 1. The number of hydrogen-bond donors (Lipinski definition) is 3. The molecule has 2 amide bonds. The van der Waals surface area contributed by atoms with E-state index < -0.39 is 0 Å². The molecule has 0 saturated carbocycles. The van der Waals surface area contributed by atoms with Gasteiger partial charge in [-0.2, -0.15) is 0 Å². The van der Waals surface area contributed by atoms with E-state index >= 15 is 0 Å². The van der Waals surface area contributed by atoms with E-state index in [0.29, 0.717) is 11.6 Å². The van der Waals surface area contributed by atoms with Crippen LogP contribution in [0.1, 0.15) is 20.8 Å². The highest BCUT2D eigenvalue weighted by molar-refractivity contribution is 5.91. The summed E-state index contributed by atoms with van der Waals surface area (Å²) in [6.07, 6.45) is 0. The molecule has 122 valence electrons. The molecule has 2 atom stereocenters. The van der Waals surface area contributed by atoms with Gasteiger partial charge in [0.05, 0.1) is 7.05 Å². The normalized spacial score (nSPS) is 13.5. The lowest BCUT2D eigenvalue weighted by molar-refractivity contribution is -0.862. The quantitative estimate of drug-likeness (QED) is 0.684. The van der Waals surface area contributed by atoms with Crippen molar-refractivity contribution < 1.29 is 18.9 Å². The first-order valence-corrected chi connectivity index (χ1v) is 7.44. The minimum absolute atomic E-state index is 0.0757. The van der Waals surface area contributed by atoms with Gasteiger partial charge in [-0.25, -0.2) is 4.39 Å². The van der Waals surface area contributed by atoms with E-state index in [2.05, 4.69) is 10.6 Å². The average Bonchev–Trinajstić information content (AvgIpc) is 2.40. The summed E-state index contributed by atoms with van der Waals surface area (Å²) in [6.45, 7) is 6.43. The second kappa shape index (κ2) is 8.48. The largest absolute Gasteiger partial charge is 0.348 e. The Balaban J connectivity index is 2.37. The van der Waals surface area contributed by atoms with Crippen LogP contribution in [0.15, 0.2) is 24.3 Å². The lowest BCUT2D eigenvalue weighted by atomic mass is 10.1. The fraction of sp³-hybridized carbons (Fsp3) is 0.500. The number of carbonyl (C=O) groups is 2.